The summed E-state index contributed by atoms with van der Waals surface area (Å²) in [4.78, 5) is 24.0. The quantitative estimate of drug-likeness (QED) is 0.763. The summed E-state index contributed by atoms with van der Waals surface area (Å²) in [5.41, 5.74) is 0. The molecule has 0 spiro atoms. The van der Waals surface area contributed by atoms with Crippen LogP contribution in [0.25, 0.3) is 0 Å². The first kappa shape index (κ1) is 14.0. The highest BCUT2D eigenvalue weighted by Gasteiger charge is 2.21. The molecule has 0 aromatic rings. The van der Waals surface area contributed by atoms with Gasteiger partial charge in [0.1, 0.15) is 0 Å². The summed E-state index contributed by atoms with van der Waals surface area (Å²) in [6, 6.07) is 0. The van der Waals surface area contributed by atoms with Crippen LogP contribution in [0.4, 0.5) is 0 Å². The molecule has 1 saturated heterocycles. The van der Waals surface area contributed by atoms with E-state index < -0.39 is 5.97 Å². The molecule has 17 heavy (non-hydrogen) atoms. The Morgan fingerprint density at radius 2 is 2.18 bits per heavy atom. The Morgan fingerprint density at radius 3 is 2.71 bits per heavy atom. The van der Waals surface area contributed by atoms with Gasteiger partial charge in [-0.15, -0.1) is 0 Å². The van der Waals surface area contributed by atoms with E-state index in [2.05, 4.69) is 0 Å². The van der Waals surface area contributed by atoms with E-state index in [0.29, 0.717) is 13.0 Å². The van der Waals surface area contributed by atoms with Crippen molar-refractivity contribution in [3.63, 3.8) is 0 Å². The van der Waals surface area contributed by atoms with E-state index in [0.717, 1.165) is 25.9 Å². The fourth-order valence-corrected chi connectivity index (χ4v) is 1.98. The molecule has 0 saturated carbocycles. The first-order valence-corrected chi connectivity index (χ1v) is 6.24. The van der Waals surface area contributed by atoms with Crippen LogP contribution in [0.15, 0.2) is 0 Å². The fourth-order valence-electron chi connectivity index (χ4n) is 1.98. The van der Waals surface area contributed by atoms with Crippen molar-refractivity contribution >= 4 is 11.9 Å². The second-order valence-corrected chi connectivity index (χ2v) is 4.31. The Kier molecular flexibility index (Phi) is 5.97. The lowest BCUT2D eigenvalue weighted by Crippen LogP contribution is -2.36. The maximum atomic E-state index is 11.9. The monoisotopic (exact) mass is 243 g/mol. The molecule has 0 bridgehead atoms. The minimum atomic E-state index is -0.870. The van der Waals surface area contributed by atoms with Gasteiger partial charge in [0.15, 0.2) is 0 Å². The van der Waals surface area contributed by atoms with E-state index in [-0.39, 0.29) is 25.0 Å². The van der Waals surface area contributed by atoms with Crippen molar-refractivity contribution in [3.05, 3.63) is 0 Å². The van der Waals surface area contributed by atoms with E-state index >= 15 is 0 Å². The van der Waals surface area contributed by atoms with E-state index in [9.17, 15) is 9.59 Å². The molecule has 0 aromatic heterocycles. The lowest BCUT2D eigenvalue weighted by Gasteiger charge is -2.26. The average molecular weight is 243 g/mol. The van der Waals surface area contributed by atoms with Gasteiger partial charge in [-0.2, -0.15) is 0 Å². The number of hydrogen-bond acceptors (Lipinski definition) is 3. The van der Waals surface area contributed by atoms with Gasteiger partial charge in [-0.05, 0) is 26.2 Å². The van der Waals surface area contributed by atoms with Gasteiger partial charge in [0.2, 0.25) is 5.91 Å². The number of hydrogen-bond donors (Lipinski definition) is 1. The van der Waals surface area contributed by atoms with Crippen LogP contribution in [0.3, 0.4) is 0 Å². The second kappa shape index (κ2) is 7.27. The Hall–Kier alpha value is -1.10. The SMILES string of the molecule is CCN(CCC(=O)O)C(=O)C[C@H]1CCCCO1. The predicted octanol–water partition coefficient (Wildman–Crippen LogP) is 1.27. The first-order chi connectivity index (χ1) is 8.13. The normalized spacial score (nSPS) is 19.9. The van der Waals surface area contributed by atoms with Crippen LogP contribution >= 0.6 is 0 Å². The molecule has 1 aliphatic rings. The van der Waals surface area contributed by atoms with Crippen molar-refractivity contribution < 1.29 is 19.4 Å². The van der Waals surface area contributed by atoms with Crippen LogP contribution in [0.1, 0.15) is 39.0 Å². The number of carboxylic acid groups (broad SMARTS) is 1. The zero-order valence-corrected chi connectivity index (χ0v) is 10.4. The maximum Gasteiger partial charge on any atom is 0.305 e. The van der Waals surface area contributed by atoms with Crippen LogP contribution in [0.2, 0.25) is 0 Å². The number of ether oxygens (including phenoxy) is 1. The number of rotatable bonds is 6. The smallest absolute Gasteiger partial charge is 0.305 e. The van der Waals surface area contributed by atoms with E-state index in [4.69, 9.17) is 9.84 Å². The third-order valence-corrected chi connectivity index (χ3v) is 3.01. The van der Waals surface area contributed by atoms with Gasteiger partial charge >= 0.3 is 5.97 Å². The molecular weight excluding hydrogens is 222 g/mol. The lowest BCUT2D eigenvalue weighted by atomic mass is 10.1. The summed E-state index contributed by atoms with van der Waals surface area (Å²) in [6.07, 6.45) is 3.52. The standard InChI is InChI=1S/C12H21NO4/c1-2-13(7-6-12(15)16)11(14)9-10-5-3-4-8-17-10/h10H,2-9H2,1H3,(H,15,16)/t10-/m1/s1. The molecule has 1 aliphatic heterocycles. The number of carbonyl (C=O) groups is 2. The Morgan fingerprint density at radius 1 is 1.41 bits per heavy atom. The van der Waals surface area contributed by atoms with Crippen molar-refractivity contribution in [1.82, 2.24) is 4.90 Å². The number of aliphatic carboxylic acids is 1. The van der Waals surface area contributed by atoms with Gasteiger partial charge in [-0.3, -0.25) is 9.59 Å². The van der Waals surface area contributed by atoms with Crippen molar-refractivity contribution in [2.24, 2.45) is 0 Å². The highest BCUT2D eigenvalue weighted by atomic mass is 16.5. The molecular formula is C12H21NO4. The van der Waals surface area contributed by atoms with Crippen molar-refractivity contribution in [3.8, 4) is 0 Å². The summed E-state index contributed by atoms with van der Waals surface area (Å²) < 4.78 is 5.51. The molecule has 1 heterocycles. The molecule has 0 unspecified atom stereocenters. The molecule has 1 atom stereocenters. The maximum absolute atomic E-state index is 11.9. The molecule has 5 heteroatoms. The van der Waals surface area contributed by atoms with Gasteiger partial charge in [-0.1, -0.05) is 0 Å². The van der Waals surface area contributed by atoms with Gasteiger partial charge in [0, 0.05) is 19.7 Å². The highest BCUT2D eigenvalue weighted by molar-refractivity contribution is 5.77. The van der Waals surface area contributed by atoms with Crippen LogP contribution in [-0.2, 0) is 14.3 Å². The van der Waals surface area contributed by atoms with Crippen LogP contribution in [0.5, 0.6) is 0 Å². The van der Waals surface area contributed by atoms with Crippen molar-refractivity contribution in [2.45, 2.75) is 45.1 Å². The summed E-state index contributed by atoms with van der Waals surface area (Å²) in [6.45, 7) is 3.44. The van der Waals surface area contributed by atoms with E-state index in [1.807, 2.05) is 6.92 Å². The minimum Gasteiger partial charge on any atom is -0.481 e. The Balaban J connectivity index is 2.34. The van der Waals surface area contributed by atoms with Crippen LogP contribution in [0, 0.1) is 0 Å². The Bertz CT molecular complexity index is 261. The van der Waals surface area contributed by atoms with Crippen molar-refractivity contribution in [2.75, 3.05) is 19.7 Å². The van der Waals surface area contributed by atoms with E-state index in [1.54, 1.807) is 4.90 Å². The van der Waals surface area contributed by atoms with E-state index in [1.165, 1.54) is 0 Å². The third kappa shape index (κ3) is 5.17. The lowest BCUT2D eigenvalue weighted by molar-refractivity contribution is -0.139. The highest BCUT2D eigenvalue weighted by Crippen LogP contribution is 2.16. The molecule has 0 aromatic carbocycles. The molecule has 98 valence electrons. The topological polar surface area (TPSA) is 66.8 Å². The molecule has 1 fully saturated rings. The first-order valence-electron chi connectivity index (χ1n) is 6.24. The zero-order chi connectivity index (χ0) is 12.7. The number of carboxylic acids is 1. The van der Waals surface area contributed by atoms with Gasteiger partial charge < -0.3 is 14.7 Å². The van der Waals surface area contributed by atoms with Gasteiger partial charge in [-0.25, -0.2) is 0 Å². The van der Waals surface area contributed by atoms with Gasteiger partial charge in [0.25, 0.3) is 0 Å². The second-order valence-electron chi connectivity index (χ2n) is 4.31. The fraction of sp³-hybridized carbons (Fsp3) is 0.833. The largest absolute Gasteiger partial charge is 0.481 e. The molecule has 0 aliphatic carbocycles. The summed E-state index contributed by atoms with van der Waals surface area (Å²) >= 11 is 0. The summed E-state index contributed by atoms with van der Waals surface area (Å²) in [7, 11) is 0. The number of amides is 1. The van der Waals surface area contributed by atoms with Crippen molar-refractivity contribution in [1.29, 1.82) is 0 Å². The summed E-state index contributed by atoms with van der Waals surface area (Å²) in [5.74, 6) is -0.870. The molecule has 0 radical (unpaired) electrons. The minimum absolute atomic E-state index is 0.000602. The number of nitrogens with zero attached hydrogens (tertiary/aromatic N) is 1. The number of carbonyl (C=O) groups excluding carboxylic acids is 1. The zero-order valence-electron chi connectivity index (χ0n) is 10.4. The summed E-state index contributed by atoms with van der Waals surface area (Å²) in [5, 5.41) is 8.60. The Labute approximate surface area is 102 Å². The van der Waals surface area contributed by atoms with Crippen LogP contribution in [-0.4, -0.2) is 47.7 Å². The molecule has 1 rings (SSSR count). The third-order valence-electron chi connectivity index (χ3n) is 3.01. The van der Waals surface area contributed by atoms with Gasteiger partial charge in [0.05, 0.1) is 18.9 Å². The molecule has 1 N–H and O–H groups in total. The van der Waals surface area contributed by atoms with Crippen LogP contribution < -0.4 is 0 Å². The molecule has 1 amide bonds. The average Bonchev–Trinajstić information content (AvgIpc) is 2.30. The predicted molar refractivity (Wildman–Crippen MR) is 62.7 cm³/mol. The molecule has 5 nitrogen and oxygen atoms in total.